The van der Waals surface area contributed by atoms with Gasteiger partial charge in [-0.2, -0.15) is 0 Å². The average molecular weight is 498 g/mol. The molecule has 3 aromatic carbocycles. The lowest BCUT2D eigenvalue weighted by Gasteiger charge is -2.36. The number of para-hydroxylation sites is 2. The van der Waals surface area contributed by atoms with Gasteiger partial charge in [-0.1, -0.05) is 61.5 Å². The highest BCUT2D eigenvalue weighted by Gasteiger charge is 2.24. The molecule has 1 fully saturated rings. The van der Waals surface area contributed by atoms with Crippen molar-refractivity contribution < 1.29 is 9.18 Å². The zero-order chi connectivity index (χ0) is 25.6. The van der Waals surface area contributed by atoms with Crippen LogP contribution < -0.4 is 9.80 Å². The molecule has 5 rings (SSSR count). The van der Waals surface area contributed by atoms with E-state index in [1.165, 1.54) is 6.07 Å². The van der Waals surface area contributed by atoms with Crippen LogP contribution >= 0.6 is 0 Å². The average Bonchev–Trinajstić information content (AvgIpc) is 2.95. The molecule has 7 heteroatoms. The molecule has 0 atom stereocenters. The molecule has 0 spiro atoms. The minimum absolute atomic E-state index is 0.121. The van der Waals surface area contributed by atoms with E-state index in [0.717, 1.165) is 35.2 Å². The molecule has 1 aromatic heterocycles. The molecule has 6 nitrogen and oxygen atoms in total. The number of amides is 1. The molecule has 0 aliphatic carbocycles. The summed E-state index contributed by atoms with van der Waals surface area (Å²) in [6.45, 7) is 5.95. The van der Waals surface area contributed by atoms with E-state index in [1.807, 2.05) is 70.5 Å². The summed E-state index contributed by atoms with van der Waals surface area (Å²) in [6.07, 6.45) is 1.34. The number of rotatable bonds is 8. The van der Waals surface area contributed by atoms with Crippen LogP contribution in [0.3, 0.4) is 0 Å². The van der Waals surface area contributed by atoms with Gasteiger partial charge in [0.05, 0.1) is 11.2 Å². The van der Waals surface area contributed by atoms with E-state index >= 15 is 0 Å². The van der Waals surface area contributed by atoms with Gasteiger partial charge in [0.2, 0.25) is 5.91 Å². The Bertz CT molecular complexity index is 1350. The summed E-state index contributed by atoms with van der Waals surface area (Å²) in [7, 11) is 0. The third kappa shape index (κ3) is 5.56. The first-order valence-electron chi connectivity index (χ1n) is 13.0. The van der Waals surface area contributed by atoms with Crippen LogP contribution in [0.15, 0.2) is 78.9 Å². The number of fused-ring (bicyclic) bond motifs is 1. The molecular formula is C30H32FN5O. The smallest absolute Gasteiger partial charge is 0.224 e. The van der Waals surface area contributed by atoms with E-state index in [9.17, 15) is 9.18 Å². The maximum Gasteiger partial charge on any atom is 0.224 e. The highest BCUT2D eigenvalue weighted by atomic mass is 19.1. The normalized spacial score (nSPS) is 13.7. The van der Waals surface area contributed by atoms with Crippen molar-refractivity contribution >= 4 is 28.3 Å². The molecule has 1 aliphatic rings. The predicted octanol–water partition coefficient (Wildman–Crippen LogP) is 5.39. The Morgan fingerprint density at radius 2 is 1.57 bits per heavy atom. The summed E-state index contributed by atoms with van der Waals surface area (Å²) in [6, 6.07) is 24.9. The van der Waals surface area contributed by atoms with Gasteiger partial charge < -0.3 is 14.7 Å². The molecule has 37 heavy (non-hydrogen) atoms. The van der Waals surface area contributed by atoms with E-state index in [0.29, 0.717) is 50.7 Å². The predicted molar refractivity (Wildman–Crippen MR) is 147 cm³/mol. The van der Waals surface area contributed by atoms with Gasteiger partial charge >= 0.3 is 0 Å². The Kier molecular flexibility index (Phi) is 7.59. The first kappa shape index (κ1) is 24.7. The fourth-order valence-corrected chi connectivity index (χ4v) is 4.90. The van der Waals surface area contributed by atoms with E-state index in [1.54, 1.807) is 12.1 Å². The lowest BCUT2D eigenvalue weighted by Crippen LogP contribution is -2.49. The summed E-state index contributed by atoms with van der Waals surface area (Å²) in [4.78, 5) is 29.1. The van der Waals surface area contributed by atoms with Crippen LogP contribution in [0, 0.1) is 5.82 Å². The quantitative estimate of drug-likeness (QED) is 0.327. The second-order valence-corrected chi connectivity index (χ2v) is 9.31. The third-order valence-electron chi connectivity index (χ3n) is 6.83. The van der Waals surface area contributed by atoms with E-state index in [4.69, 9.17) is 9.97 Å². The van der Waals surface area contributed by atoms with E-state index < -0.39 is 0 Å². The molecule has 190 valence electrons. The van der Waals surface area contributed by atoms with Crippen LogP contribution in [-0.2, 0) is 4.79 Å². The Morgan fingerprint density at radius 1 is 0.865 bits per heavy atom. The number of benzene rings is 3. The SMILES string of the molecule is CCCN(CCC(=O)N1CCN(c2ccccc2F)CC1)c1nc(-c2ccccc2)nc2ccccc12. The fourth-order valence-electron chi connectivity index (χ4n) is 4.90. The summed E-state index contributed by atoms with van der Waals surface area (Å²) in [5.41, 5.74) is 2.46. The van der Waals surface area contributed by atoms with Crippen LogP contribution in [0.5, 0.6) is 0 Å². The second kappa shape index (κ2) is 11.4. The maximum absolute atomic E-state index is 14.2. The molecule has 1 aliphatic heterocycles. The summed E-state index contributed by atoms with van der Waals surface area (Å²) < 4.78 is 14.2. The molecule has 0 unspecified atom stereocenters. The van der Waals surface area contributed by atoms with Crippen molar-refractivity contribution in [3.63, 3.8) is 0 Å². The largest absolute Gasteiger partial charge is 0.366 e. The molecular weight excluding hydrogens is 465 g/mol. The zero-order valence-corrected chi connectivity index (χ0v) is 21.2. The van der Waals surface area contributed by atoms with Crippen molar-refractivity contribution in [1.29, 1.82) is 0 Å². The fraction of sp³-hybridized carbons (Fsp3) is 0.300. The standard InChI is InChI=1S/C30H32FN5O/c1-2-17-36(18-16-28(37)35-21-19-34(20-22-35)27-15-9-7-13-25(27)31)30-24-12-6-8-14-26(24)32-29(33-30)23-10-4-3-5-11-23/h3-15H,2,16-22H2,1H3. The third-order valence-corrected chi connectivity index (χ3v) is 6.83. The van der Waals surface area contributed by atoms with Crippen molar-refractivity contribution in [3.05, 3.63) is 84.7 Å². The summed E-state index contributed by atoms with van der Waals surface area (Å²) >= 11 is 0. The van der Waals surface area contributed by atoms with Gasteiger partial charge in [-0.15, -0.1) is 0 Å². The van der Waals surface area contributed by atoms with Crippen LogP contribution in [0.2, 0.25) is 0 Å². The van der Waals surface area contributed by atoms with Crippen LogP contribution in [0.4, 0.5) is 15.9 Å². The lowest BCUT2D eigenvalue weighted by atomic mass is 10.1. The minimum atomic E-state index is -0.218. The molecule has 0 radical (unpaired) electrons. The number of nitrogens with zero attached hydrogens (tertiary/aromatic N) is 5. The van der Waals surface area contributed by atoms with Crippen LogP contribution in [-0.4, -0.2) is 60.0 Å². The number of carbonyl (C=O) groups is 1. The Hall–Kier alpha value is -4.00. The number of hydrogen-bond donors (Lipinski definition) is 0. The number of piperazine rings is 1. The van der Waals surface area contributed by atoms with Gasteiger partial charge in [0.1, 0.15) is 11.6 Å². The molecule has 4 aromatic rings. The van der Waals surface area contributed by atoms with Crippen molar-refractivity contribution in [2.75, 3.05) is 49.1 Å². The van der Waals surface area contributed by atoms with Gasteiger partial charge in [-0.25, -0.2) is 14.4 Å². The molecule has 1 amide bonds. The van der Waals surface area contributed by atoms with Crippen LogP contribution in [0.25, 0.3) is 22.3 Å². The van der Waals surface area contributed by atoms with Gasteiger partial charge in [0.15, 0.2) is 5.82 Å². The number of aromatic nitrogens is 2. The Balaban J connectivity index is 1.31. The summed E-state index contributed by atoms with van der Waals surface area (Å²) in [5, 5.41) is 0.988. The zero-order valence-electron chi connectivity index (χ0n) is 21.2. The number of hydrogen-bond acceptors (Lipinski definition) is 5. The number of carbonyl (C=O) groups excluding carboxylic acids is 1. The van der Waals surface area contributed by atoms with E-state index in [2.05, 4.69) is 11.8 Å². The maximum atomic E-state index is 14.2. The molecule has 2 heterocycles. The molecule has 0 bridgehead atoms. The Morgan fingerprint density at radius 3 is 2.32 bits per heavy atom. The molecule has 0 N–H and O–H groups in total. The monoisotopic (exact) mass is 497 g/mol. The van der Waals surface area contributed by atoms with Crippen molar-refractivity contribution in [2.24, 2.45) is 0 Å². The number of halogens is 1. The highest BCUT2D eigenvalue weighted by Crippen LogP contribution is 2.28. The van der Waals surface area contributed by atoms with Crippen molar-refractivity contribution in [3.8, 4) is 11.4 Å². The van der Waals surface area contributed by atoms with Crippen LogP contribution in [0.1, 0.15) is 19.8 Å². The Labute approximate surface area is 217 Å². The highest BCUT2D eigenvalue weighted by molar-refractivity contribution is 5.91. The van der Waals surface area contributed by atoms with Gasteiger partial charge in [-0.3, -0.25) is 4.79 Å². The lowest BCUT2D eigenvalue weighted by molar-refractivity contribution is -0.131. The second-order valence-electron chi connectivity index (χ2n) is 9.31. The van der Waals surface area contributed by atoms with E-state index in [-0.39, 0.29) is 11.7 Å². The van der Waals surface area contributed by atoms with Crippen molar-refractivity contribution in [2.45, 2.75) is 19.8 Å². The minimum Gasteiger partial charge on any atom is -0.366 e. The van der Waals surface area contributed by atoms with Crippen molar-refractivity contribution in [1.82, 2.24) is 14.9 Å². The van der Waals surface area contributed by atoms with Gasteiger partial charge in [0, 0.05) is 56.6 Å². The summed E-state index contributed by atoms with van der Waals surface area (Å²) in [5.74, 6) is 1.45. The molecule has 0 saturated carbocycles. The first-order valence-corrected chi connectivity index (χ1v) is 13.0. The topological polar surface area (TPSA) is 52.6 Å². The number of anilines is 2. The van der Waals surface area contributed by atoms with Gasteiger partial charge in [0.25, 0.3) is 0 Å². The molecule has 1 saturated heterocycles. The first-order chi connectivity index (χ1) is 18.1. The van der Waals surface area contributed by atoms with Gasteiger partial charge in [-0.05, 0) is 30.7 Å².